The molecule has 0 radical (unpaired) electrons. The Morgan fingerprint density at radius 2 is 1.85 bits per heavy atom. The summed E-state index contributed by atoms with van der Waals surface area (Å²) in [7, 11) is 0. The van der Waals surface area contributed by atoms with Gasteiger partial charge in [-0.2, -0.15) is 0 Å². The molecule has 1 aliphatic heterocycles. The molecular formula is C22H22ClNO3. The van der Waals surface area contributed by atoms with Gasteiger partial charge in [0.1, 0.15) is 5.78 Å². The molecule has 140 valence electrons. The van der Waals surface area contributed by atoms with Crippen molar-refractivity contribution in [3.05, 3.63) is 64.7 Å². The minimum absolute atomic E-state index is 0.0293. The summed E-state index contributed by atoms with van der Waals surface area (Å²) in [6.45, 7) is 2.32. The zero-order valence-electron chi connectivity index (χ0n) is 15.2. The van der Waals surface area contributed by atoms with Crippen LogP contribution < -0.4 is 4.90 Å². The first kappa shape index (κ1) is 18.2. The van der Waals surface area contributed by atoms with Crippen LogP contribution in [-0.4, -0.2) is 16.8 Å². The highest BCUT2D eigenvalue weighted by molar-refractivity contribution is 6.31. The van der Waals surface area contributed by atoms with Crippen LogP contribution in [0.5, 0.6) is 0 Å². The van der Waals surface area contributed by atoms with Crippen molar-refractivity contribution in [3.63, 3.8) is 0 Å². The van der Waals surface area contributed by atoms with Gasteiger partial charge in [0.25, 0.3) is 5.91 Å². The average Bonchev–Trinajstić information content (AvgIpc) is 2.88. The maximum absolute atomic E-state index is 13.4. The third-order valence-corrected chi connectivity index (χ3v) is 6.25. The lowest BCUT2D eigenvalue weighted by Gasteiger charge is -2.35. The predicted molar refractivity (Wildman–Crippen MR) is 104 cm³/mol. The van der Waals surface area contributed by atoms with Crippen molar-refractivity contribution in [3.8, 4) is 0 Å². The van der Waals surface area contributed by atoms with Gasteiger partial charge in [-0.05, 0) is 36.5 Å². The molecule has 0 aromatic heterocycles. The fourth-order valence-corrected chi connectivity index (χ4v) is 4.57. The average molecular weight is 384 g/mol. The van der Waals surface area contributed by atoms with E-state index < -0.39 is 17.4 Å². The zero-order chi connectivity index (χ0) is 19.2. The summed E-state index contributed by atoms with van der Waals surface area (Å²) < 4.78 is 0. The van der Waals surface area contributed by atoms with E-state index in [9.17, 15) is 14.7 Å². The zero-order valence-corrected chi connectivity index (χ0v) is 15.9. The molecule has 1 saturated carbocycles. The molecule has 4 rings (SSSR count). The number of carbonyl (C=O) groups excluding carboxylic acids is 2. The van der Waals surface area contributed by atoms with Crippen LogP contribution in [0, 0.1) is 11.8 Å². The fraction of sp³-hybridized carbons (Fsp3) is 0.364. The predicted octanol–water partition coefficient (Wildman–Crippen LogP) is 4.08. The summed E-state index contributed by atoms with van der Waals surface area (Å²) in [6, 6.07) is 14.6. The lowest BCUT2D eigenvalue weighted by atomic mass is 9.70. The molecule has 1 heterocycles. The number of hydrogen-bond donors (Lipinski definition) is 1. The number of aliphatic hydroxyl groups is 1. The maximum Gasteiger partial charge on any atom is 0.264 e. The largest absolute Gasteiger partial charge is 0.375 e. The van der Waals surface area contributed by atoms with Crippen LogP contribution in [0.25, 0.3) is 0 Å². The molecule has 0 saturated heterocycles. The van der Waals surface area contributed by atoms with Crippen molar-refractivity contribution in [1.82, 2.24) is 0 Å². The van der Waals surface area contributed by atoms with E-state index in [1.165, 1.54) is 0 Å². The molecule has 1 fully saturated rings. The topological polar surface area (TPSA) is 57.6 Å². The Bertz CT molecular complexity index is 912. The van der Waals surface area contributed by atoms with Gasteiger partial charge >= 0.3 is 0 Å². The molecule has 1 aliphatic carbocycles. The van der Waals surface area contributed by atoms with Crippen LogP contribution in [0.2, 0.25) is 5.02 Å². The Balaban J connectivity index is 1.78. The number of amides is 1. The van der Waals surface area contributed by atoms with Crippen molar-refractivity contribution in [2.75, 3.05) is 4.90 Å². The van der Waals surface area contributed by atoms with Crippen LogP contribution >= 0.6 is 11.6 Å². The van der Waals surface area contributed by atoms with Crippen LogP contribution in [0.15, 0.2) is 48.5 Å². The minimum atomic E-state index is -1.80. The number of anilines is 1. The second-order valence-corrected chi connectivity index (χ2v) is 8.07. The summed E-state index contributed by atoms with van der Waals surface area (Å²) in [5.74, 6) is -0.866. The first-order chi connectivity index (χ1) is 12.9. The van der Waals surface area contributed by atoms with Gasteiger partial charge in [0.05, 0.1) is 18.2 Å². The summed E-state index contributed by atoms with van der Waals surface area (Å²) in [5.41, 5.74) is 0.171. The van der Waals surface area contributed by atoms with E-state index in [0.717, 1.165) is 12.0 Å². The highest BCUT2D eigenvalue weighted by Gasteiger charge is 2.57. The smallest absolute Gasteiger partial charge is 0.264 e. The molecule has 1 amide bonds. The van der Waals surface area contributed by atoms with E-state index in [1.54, 1.807) is 23.1 Å². The van der Waals surface area contributed by atoms with Crippen molar-refractivity contribution in [2.45, 2.75) is 38.3 Å². The summed E-state index contributed by atoms with van der Waals surface area (Å²) in [6.07, 6.45) is 1.74. The lowest BCUT2D eigenvalue weighted by Crippen LogP contribution is -2.50. The molecule has 3 atom stereocenters. The summed E-state index contributed by atoms with van der Waals surface area (Å²) in [4.78, 5) is 27.6. The minimum Gasteiger partial charge on any atom is -0.375 e. The standard InChI is InChI=1S/C22H22ClNO3/c1-14-10-11-20(25)17(12-14)22(27)16-7-3-5-9-19(16)24(21(22)26)13-15-6-2-4-8-18(15)23/h2-9,14,17,27H,10-13H2,1H3/t14-,17+,22-/m1/s1. The van der Waals surface area contributed by atoms with Crippen molar-refractivity contribution < 1.29 is 14.7 Å². The van der Waals surface area contributed by atoms with Gasteiger partial charge in [-0.1, -0.05) is 54.9 Å². The molecule has 0 unspecified atom stereocenters. The second-order valence-electron chi connectivity index (χ2n) is 7.66. The molecule has 1 N–H and O–H groups in total. The number of rotatable bonds is 3. The number of benzene rings is 2. The number of carbonyl (C=O) groups is 2. The number of halogens is 1. The molecule has 0 spiro atoms. The van der Waals surface area contributed by atoms with E-state index in [0.29, 0.717) is 35.0 Å². The Morgan fingerprint density at radius 3 is 2.63 bits per heavy atom. The molecule has 2 aromatic carbocycles. The van der Waals surface area contributed by atoms with Crippen LogP contribution in [-0.2, 0) is 21.7 Å². The molecule has 4 nitrogen and oxygen atoms in total. The van der Waals surface area contributed by atoms with E-state index in [-0.39, 0.29) is 12.3 Å². The van der Waals surface area contributed by atoms with Gasteiger partial charge in [-0.25, -0.2) is 0 Å². The number of hydrogen-bond acceptors (Lipinski definition) is 3. The Morgan fingerprint density at radius 1 is 1.15 bits per heavy atom. The van der Waals surface area contributed by atoms with Crippen LogP contribution in [0.3, 0.4) is 0 Å². The molecule has 0 bridgehead atoms. The Labute approximate surface area is 163 Å². The van der Waals surface area contributed by atoms with Crippen LogP contribution in [0.4, 0.5) is 5.69 Å². The third-order valence-electron chi connectivity index (χ3n) is 5.88. The number of fused-ring (bicyclic) bond motifs is 1. The Kier molecular flexibility index (Phi) is 4.57. The second kappa shape index (κ2) is 6.77. The van der Waals surface area contributed by atoms with Gasteiger partial charge in [-0.3, -0.25) is 9.59 Å². The van der Waals surface area contributed by atoms with Gasteiger partial charge in [0.2, 0.25) is 0 Å². The first-order valence-corrected chi connectivity index (χ1v) is 9.70. The SMILES string of the molecule is C[C@@H]1CCC(=O)[C@@H]([C@@]2(O)C(=O)N(Cc3ccccc3Cl)c3ccccc32)C1. The highest BCUT2D eigenvalue weighted by atomic mass is 35.5. The molecule has 2 aliphatic rings. The van der Waals surface area contributed by atoms with Crippen molar-refractivity contribution in [1.29, 1.82) is 0 Å². The van der Waals surface area contributed by atoms with Gasteiger partial charge in [-0.15, -0.1) is 0 Å². The Hall–Kier alpha value is -2.17. The normalized spacial score (nSPS) is 27.7. The van der Waals surface area contributed by atoms with E-state index in [1.807, 2.05) is 30.3 Å². The molecule has 2 aromatic rings. The van der Waals surface area contributed by atoms with Crippen molar-refractivity contribution >= 4 is 29.0 Å². The maximum atomic E-state index is 13.4. The molecule has 5 heteroatoms. The molecule has 27 heavy (non-hydrogen) atoms. The van der Waals surface area contributed by atoms with Crippen LogP contribution in [0.1, 0.15) is 37.3 Å². The van der Waals surface area contributed by atoms with E-state index in [4.69, 9.17) is 11.6 Å². The summed E-state index contributed by atoms with van der Waals surface area (Å²) >= 11 is 6.28. The lowest BCUT2D eigenvalue weighted by molar-refractivity contribution is -0.153. The number of ketones is 1. The highest BCUT2D eigenvalue weighted by Crippen LogP contribution is 2.49. The van der Waals surface area contributed by atoms with E-state index in [2.05, 4.69) is 6.92 Å². The number of nitrogens with zero attached hydrogens (tertiary/aromatic N) is 1. The fourth-order valence-electron chi connectivity index (χ4n) is 4.37. The van der Waals surface area contributed by atoms with Gasteiger partial charge < -0.3 is 10.0 Å². The van der Waals surface area contributed by atoms with Gasteiger partial charge in [0.15, 0.2) is 5.60 Å². The monoisotopic (exact) mass is 383 g/mol. The molecular weight excluding hydrogens is 362 g/mol. The van der Waals surface area contributed by atoms with E-state index >= 15 is 0 Å². The van der Waals surface area contributed by atoms with Gasteiger partial charge in [0, 0.05) is 17.0 Å². The number of para-hydroxylation sites is 1. The third kappa shape index (κ3) is 2.88. The number of Topliss-reactive ketones (excluding diaryl/α,β-unsaturated/α-hetero) is 1. The quantitative estimate of drug-likeness (QED) is 0.868. The first-order valence-electron chi connectivity index (χ1n) is 9.33. The summed E-state index contributed by atoms with van der Waals surface area (Å²) in [5, 5.41) is 12.2. The van der Waals surface area contributed by atoms with Crippen molar-refractivity contribution in [2.24, 2.45) is 11.8 Å².